The minimum Gasteiger partial charge on any atom is -0.352 e. The smallest absolute Gasteiger partial charge is 0.252 e. The molecule has 5 heteroatoms. The van der Waals surface area contributed by atoms with Gasteiger partial charge in [-0.25, -0.2) is 0 Å². The molecule has 2 rings (SSSR count). The van der Waals surface area contributed by atoms with Gasteiger partial charge in [0, 0.05) is 25.5 Å². The predicted molar refractivity (Wildman–Crippen MR) is 108 cm³/mol. The summed E-state index contributed by atoms with van der Waals surface area (Å²) in [5.41, 5.74) is 1.96. The molecular weight excluding hydrogens is 344 g/mol. The molecule has 0 aromatic heterocycles. The van der Waals surface area contributed by atoms with Crippen LogP contribution in [-0.4, -0.2) is 43.1 Å². The molecule has 2 amide bonds. The average Bonchev–Trinajstić information content (AvgIpc) is 2.66. The fourth-order valence-electron chi connectivity index (χ4n) is 2.44. The first kappa shape index (κ1) is 20.0. The molecule has 0 saturated heterocycles. The van der Waals surface area contributed by atoms with E-state index in [1.807, 2.05) is 42.5 Å². The molecule has 0 saturated carbocycles. The van der Waals surface area contributed by atoms with Crippen molar-refractivity contribution in [1.82, 2.24) is 10.2 Å². The number of benzene rings is 2. The van der Waals surface area contributed by atoms with Crippen LogP contribution in [0.1, 0.15) is 28.8 Å². The Morgan fingerprint density at radius 1 is 0.962 bits per heavy atom. The first-order valence-electron chi connectivity index (χ1n) is 8.82. The van der Waals surface area contributed by atoms with Gasteiger partial charge in [-0.3, -0.25) is 9.59 Å². The molecule has 0 fully saturated rings. The highest BCUT2D eigenvalue weighted by molar-refractivity contribution is 8.00. The van der Waals surface area contributed by atoms with E-state index in [-0.39, 0.29) is 11.8 Å². The van der Waals surface area contributed by atoms with Gasteiger partial charge in [-0.15, -0.1) is 11.8 Å². The maximum Gasteiger partial charge on any atom is 0.252 e. The zero-order valence-corrected chi connectivity index (χ0v) is 16.2. The number of unbranched alkanes of at least 4 members (excludes halogenated alkanes) is 1. The predicted octanol–water partition coefficient (Wildman–Crippen LogP) is 3.62. The van der Waals surface area contributed by atoms with Crippen LogP contribution in [0.4, 0.5) is 0 Å². The Labute approximate surface area is 160 Å². The number of nitrogens with one attached hydrogen (secondary N) is 1. The van der Waals surface area contributed by atoms with Gasteiger partial charge in [0.25, 0.3) is 5.91 Å². The van der Waals surface area contributed by atoms with Gasteiger partial charge in [-0.1, -0.05) is 42.5 Å². The van der Waals surface area contributed by atoms with Crippen LogP contribution in [0.5, 0.6) is 0 Å². The Kier molecular flexibility index (Phi) is 8.22. The van der Waals surface area contributed by atoms with E-state index in [0.29, 0.717) is 17.9 Å². The molecule has 0 bridgehead atoms. The SMILES string of the molecule is CN(C)C(=O)CSc1ccccc1C(=O)NCCCCc1ccccc1. The quantitative estimate of drug-likeness (QED) is 0.542. The van der Waals surface area contributed by atoms with Crippen molar-refractivity contribution in [2.24, 2.45) is 0 Å². The number of amides is 2. The number of carbonyl (C=O) groups is 2. The van der Waals surface area contributed by atoms with E-state index >= 15 is 0 Å². The molecule has 0 aliphatic rings. The van der Waals surface area contributed by atoms with Crippen LogP contribution in [0.15, 0.2) is 59.5 Å². The van der Waals surface area contributed by atoms with Gasteiger partial charge in [0.15, 0.2) is 0 Å². The molecule has 0 aliphatic heterocycles. The van der Waals surface area contributed by atoms with E-state index in [1.165, 1.54) is 17.3 Å². The number of thioether (sulfide) groups is 1. The van der Waals surface area contributed by atoms with E-state index in [0.717, 1.165) is 24.2 Å². The summed E-state index contributed by atoms with van der Waals surface area (Å²) < 4.78 is 0. The van der Waals surface area contributed by atoms with E-state index in [9.17, 15) is 9.59 Å². The number of hydrogen-bond acceptors (Lipinski definition) is 3. The summed E-state index contributed by atoms with van der Waals surface area (Å²) >= 11 is 1.40. The van der Waals surface area contributed by atoms with Crippen LogP contribution in [0.25, 0.3) is 0 Å². The van der Waals surface area contributed by atoms with Crippen LogP contribution in [0.2, 0.25) is 0 Å². The van der Waals surface area contributed by atoms with Gasteiger partial charge in [-0.05, 0) is 37.0 Å². The molecule has 2 aromatic rings. The summed E-state index contributed by atoms with van der Waals surface area (Å²) in [5.74, 6) is 0.283. The third kappa shape index (κ3) is 6.56. The Bertz CT molecular complexity index is 717. The second kappa shape index (κ2) is 10.7. The summed E-state index contributed by atoms with van der Waals surface area (Å²) in [6.45, 7) is 0.654. The van der Waals surface area contributed by atoms with Crippen molar-refractivity contribution < 1.29 is 9.59 Å². The minimum absolute atomic E-state index is 0.0334. The van der Waals surface area contributed by atoms with Crippen molar-refractivity contribution in [2.75, 3.05) is 26.4 Å². The molecule has 0 atom stereocenters. The molecule has 138 valence electrons. The Hall–Kier alpha value is -2.27. The van der Waals surface area contributed by atoms with E-state index < -0.39 is 0 Å². The largest absolute Gasteiger partial charge is 0.352 e. The normalized spacial score (nSPS) is 10.4. The van der Waals surface area contributed by atoms with Crippen LogP contribution < -0.4 is 5.32 Å². The summed E-state index contributed by atoms with van der Waals surface area (Å²) in [6.07, 6.45) is 3.00. The van der Waals surface area contributed by atoms with Crippen molar-refractivity contribution in [1.29, 1.82) is 0 Å². The molecular formula is C21H26N2O2S. The first-order valence-corrected chi connectivity index (χ1v) is 9.80. The van der Waals surface area contributed by atoms with Gasteiger partial charge >= 0.3 is 0 Å². The maximum absolute atomic E-state index is 12.5. The second-order valence-corrected chi connectivity index (χ2v) is 7.29. The van der Waals surface area contributed by atoms with Crippen LogP contribution in [0.3, 0.4) is 0 Å². The molecule has 0 heterocycles. The van der Waals surface area contributed by atoms with E-state index in [4.69, 9.17) is 0 Å². The molecule has 4 nitrogen and oxygen atoms in total. The lowest BCUT2D eigenvalue weighted by Crippen LogP contribution is -2.26. The molecule has 26 heavy (non-hydrogen) atoms. The number of hydrogen-bond donors (Lipinski definition) is 1. The second-order valence-electron chi connectivity index (χ2n) is 6.27. The zero-order valence-electron chi connectivity index (χ0n) is 15.4. The summed E-state index contributed by atoms with van der Waals surface area (Å²) in [7, 11) is 3.47. The van der Waals surface area contributed by atoms with Gasteiger partial charge < -0.3 is 10.2 Å². The van der Waals surface area contributed by atoms with Crippen molar-refractivity contribution in [3.8, 4) is 0 Å². The lowest BCUT2D eigenvalue weighted by molar-refractivity contribution is -0.125. The third-order valence-corrected chi connectivity index (χ3v) is 5.06. The van der Waals surface area contributed by atoms with E-state index in [1.54, 1.807) is 19.0 Å². The summed E-state index contributed by atoms with van der Waals surface area (Å²) in [5, 5.41) is 2.99. The number of carbonyl (C=O) groups excluding carboxylic acids is 2. The van der Waals surface area contributed by atoms with Gasteiger partial charge in [0.05, 0.1) is 11.3 Å². The van der Waals surface area contributed by atoms with E-state index in [2.05, 4.69) is 17.4 Å². The summed E-state index contributed by atoms with van der Waals surface area (Å²) in [4.78, 5) is 26.6. The van der Waals surface area contributed by atoms with Crippen LogP contribution in [-0.2, 0) is 11.2 Å². The molecule has 1 N–H and O–H groups in total. The van der Waals surface area contributed by atoms with Crippen LogP contribution >= 0.6 is 11.8 Å². The average molecular weight is 371 g/mol. The van der Waals surface area contributed by atoms with Crippen molar-refractivity contribution in [2.45, 2.75) is 24.2 Å². The van der Waals surface area contributed by atoms with Gasteiger partial charge in [0.2, 0.25) is 5.91 Å². The monoisotopic (exact) mass is 370 g/mol. The Balaban J connectivity index is 1.78. The Morgan fingerprint density at radius 2 is 1.65 bits per heavy atom. The highest BCUT2D eigenvalue weighted by Crippen LogP contribution is 2.22. The molecule has 0 radical (unpaired) electrons. The fourth-order valence-corrected chi connectivity index (χ4v) is 3.47. The first-order chi connectivity index (χ1) is 12.6. The van der Waals surface area contributed by atoms with Crippen LogP contribution in [0, 0.1) is 0 Å². The van der Waals surface area contributed by atoms with Crippen molar-refractivity contribution >= 4 is 23.6 Å². The Morgan fingerprint density at radius 3 is 2.38 bits per heavy atom. The third-order valence-electron chi connectivity index (χ3n) is 4.00. The van der Waals surface area contributed by atoms with Crippen molar-refractivity contribution in [3.63, 3.8) is 0 Å². The number of aryl methyl sites for hydroxylation is 1. The highest BCUT2D eigenvalue weighted by Gasteiger charge is 2.13. The van der Waals surface area contributed by atoms with Crippen molar-refractivity contribution in [3.05, 3.63) is 65.7 Å². The molecule has 0 unspecified atom stereocenters. The molecule has 0 aliphatic carbocycles. The lowest BCUT2D eigenvalue weighted by atomic mass is 10.1. The topological polar surface area (TPSA) is 49.4 Å². The standard InChI is InChI=1S/C21H26N2O2S/c1-23(2)20(24)16-26-19-14-7-6-13-18(19)21(25)22-15-9-8-12-17-10-4-3-5-11-17/h3-7,10-11,13-14H,8-9,12,15-16H2,1-2H3,(H,22,25). The maximum atomic E-state index is 12.5. The highest BCUT2D eigenvalue weighted by atomic mass is 32.2. The number of nitrogens with zero attached hydrogens (tertiary/aromatic N) is 1. The number of rotatable bonds is 9. The van der Waals surface area contributed by atoms with Gasteiger partial charge in [0.1, 0.15) is 0 Å². The minimum atomic E-state index is -0.0786. The molecule has 2 aromatic carbocycles. The lowest BCUT2D eigenvalue weighted by Gasteiger charge is -2.12. The summed E-state index contributed by atoms with van der Waals surface area (Å²) in [6, 6.07) is 17.8. The van der Waals surface area contributed by atoms with Gasteiger partial charge in [-0.2, -0.15) is 0 Å². The zero-order chi connectivity index (χ0) is 18.8. The molecule has 0 spiro atoms. The fraction of sp³-hybridized carbons (Fsp3) is 0.333.